The molecule has 1 aliphatic rings. The molecule has 10 nitrogen and oxygen atoms in total. The van der Waals surface area contributed by atoms with E-state index in [2.05, 4.69) is 15.3 Å². The Kier molecular flexibility index (Phi) is 7.73. The lowest BCUT2D eigenvalue weighted by Crippen LogP contribution is -2.47. The number of methoxy groups -OCH3 is 1. The molecule has 0 saturated carbocycles. The van der Waals surface area contributed by atoms with E-state index in [0.717, 1.165) is 0 Å². The van der Waals surface area contributed by atoms with Crippen LogP contribution in [0, 0.1) is 0 Å². The number of hydrogen-bond acceptors (Lipinski definition) is 7. The van der Waals surface area contributed by atoms with Gasteiger partial charge in [-0.15, -0.1) is 0 Å². The molecule has 1 aliphatic heterocycles. The Hall–Kier alpha value is -3.87. The molecule has 3 aromatic rings. The van der Waals surface area contributed by atoms with Crippen molar-refractivity contribution in [2.75, 3.05) is 25.5 Å². The molecule has 3 heterocycles. The average molecular weight is 550 g/mol. The van der Waals surface area contributed by atoms with Gasteiger partial charge in [0.2, 0.25) is 5.95 Å². The highest BCUT2D eigenvalue weighted by molar-refractivity contribution is 6.07. The van der Waals surface area contributed by atoms with Crippen molar-refractivity contribution in [3.8, 4) is 11.3 Å². The number of carbonyl (C=O) groups excluding carboxylic acids is 1. The second-order valence-corrected chi connectivity index (χ2v) is 10.3. The number of amides is 1. The van der Waals surface area contributed by atoms with Crippen molar-refractivity contribution in [2.24, 2.45) is 0 Å². The van der Waals surface area contributed by atoms with E-state index < -0.39 is 35.1 Å². The molecule has 1 aromatic carbocycles. The Morgan fingerprint density at radius 1 is 1.23 bits per heavy atom. The third kappa shape index (κ3) is 6.24. The lowest BCUT2D eigenvalue weighted by molar-refractivity contribution is -0.137. The Morgan fingerprint density at radius 3 is 2.62 bits per heavy atom. The Labute approximate surface area is 222 Å². The molecule has 0 radical (unpaired) electrons. The van der Waals surface area contributed by atoms with Crippen LogP contribution >= 0.6 is 0 Å². The topological polar surface area (TPSA) is 119 Å². The van der Waals surface area contributed by atoms with Gasteiger partial charge in [-0.1, -0.05) is 12.1 Å². The van der Waals surface area contributed by atoms with Crippen LogP contribution in [-0.4, -0.2) is 68.4 Å². The lowest BCUT2D eigenvalue weighted by atomic mass is 10.0. The molecule has 1 amide bonds. The molecular weight excluding hydrogens is 519 g/mol. The molecule has 39 heavy (non-hydrogen) atoms. The zero-order valence-corrected chi connectivity index (χ0v) is 22.0. The third-order valence-electron chi connectivity index (χ3n) is 6.15. The van der Waals surface area contributed by atoms with Gasteiger partial charge in [0.15, 0.2) is 0 Å². The van der Waals surface area contributed by atoms with Crippen LogP contribution in [0.2, 0.25) is 0 Å². The molecule has 2 N–H and O–H groups in total. The van der Waals surface area contributed by atoms with Crippen LogP contribution in [-0.2, 0) is 22.4 Å². The van der Waals surface area contributed by atoms with Gasteiger partial charge in [-0.05, 0) is 39.7 Å². The van der Waals surface area contributed by atoms with E-state index in [4.69, 9.17) is 9.47 Å². The average Bonchev–Trinajstić information content (AvgIpc) is 3.21. The van der Waals surface area contributed by atoms with Crippen molar-refractivity contribution in [2.45, 2.75) is 58.2 Å². The van der Waals surface area contributed by atoms with Crippen LogP contribution < -0.4 is 5.32 Å². The van der Waals surface area contributed by atoms with Crippen molar-refractivity contribution < 1.29 is 37.3 Å². The molecule has 0 spiro atoms. The number of carboxylic acids is 1. The zero-order valence-electron chi connectivity index (χ0n) is 22.0. The van der Waals surface area contributed by atoms with Gasteiger partial charge in [-0.2, -0.15) is 13.2 Å². The SMILES string of the molecule is COCn1cc(-c2nc(N[C@H]3CCCN(C(=O)OC(C)(C)C)C3)ncc2C(F)(F)F)c2cccc(C(=O)O)c21. The summed E-state index contributed by atoms with van der Waals surface area (Å²) in [6.45, 7) is 5.99. The number of likely N-dealkylation sites (tertiary alicyclic amines) is 1. The highest BCUT2D eigenvalue weighted by atomic mass is 19.4. The van der Waals surface area contributed by atoms with Crippen molar-refractivity contribution in [3.05, 3.63) is 41.7 Å². The number of aromatic carboxylic acids is 1. The highest BCUT2D eigenvalue weighted by Gasteiger charge is 2.37. The number of fused-ring (bicyclic) bond motifs is 1. The van der Waals surface area contributed by atoms with Crippen LogP contribution in [0.4, 0.5) is 23.9 Å². The summed E-state index contributed by atoms with van der Waals surface area (Å²) in [7, 11) is 1.40. The summed E-state index contributed by atoms with van der Waals surface area (Å²) in [4.78, 5) is 34.1. The van der Waals surface area contributed by atoms with Gasteiger partial charge in [0.1, 0.15) is 17.9 Å². The number of carbonyl (C=O) groups is 2. The predicted molar refractivity (Wildman–Crippen MR) is 136 cm³/mol. The van der Waals surface area contributed by atoms with Gasteiger partial charge in [0, 0.05) is 49.6 Å². The number of ether oxygens (including phenoxy) is 2. The maximum atomic E-state index is 14.1. The largest absolute Gasteiger partial charge is 0.478 e. The van der Waals surface area contributed by atoms with Crippen LogP contribution in [0.1, 0.15) is 49.5 Å². The summed E-state index contributed by atoms with van der Waals surface area (Å²) in [5.41, 5.74) is -1.91. The van der Waals surface area contributed by atoms with E-state index >= 15 is 0 Å². The number of nitrogens with zero attached hydrogens (tertiary/aromatic N) is 4. The summed E-state index contributed by atoms with van der Waals surface area (Å²) in [5.74, 6) is -1.27. The molecule has 0 bridgehead atoms. The molecule has 1 fully saturated rings. The fourth-order valence-electron chi connectivity index (χ4n) is 4.60. The number of alkyl halides is 3. The second-order valence-electron chi connectivity index (χ2n) is 10.3. The van der Waals surface area contributed by atoms with Crippen LogP contribution in [0.3, 0.4) is 0 Å². The standard InChI is InChI=1S/C26H30F3N5O5/c1-25(2,3)39-24(37)33-10-6-7-15(12-33)31-23-30-11-19(26(27,28)29)20(32-23)18-13-34(14-38-4)21-16(18)8-5-9-17(21)22(35)36/h5,8-9,11,13,15H,6-7,10,12,14H2,1-4H3,(H,35,36)(H,30,31,32)/t15-/m0/s1. The fraction of sp³-hybridized carbons (Fsp3) is 0.462. The number of para-hydroxylation sites is 1. The van der Waals surface area contributed by atoms with E-state index in [9.17, 15) is 27.9 Å². The van der Waals surface area contributed by atoms with Gasteiger partial charge >= 0.3 is 18.2 Å². The van der Waals surface area contributed by atoms with Crippen molar-refractivity contribution in [1.29, 1.82) is 0 Å². The third-order valence-corrected chi connectivity index (χ3v) is 6.15. The van der Waals surface area contributed by atoms with E-state index in [1.807, 2.05) is 0 Å². The monoisotopic (exact) mass is 549 g/mol. The summed E-state index contributed by atoms with van der Waals surface area (Å²) >= 11 is 0. The molecule has 4 rings (SSSR count). The van der Waals surface area contributed by atoms with E-state index in [0.29, 0.717) is 25.6 Å². The van der Waals surface area contributed by atoms with Crippen LogP contribution in [0.15, 0.2) is 30.6 Å². The van der Waals surface area contributed by atoms with E-state index in [1.165, 1.54) is 30.0 Å². The smallest absolute Gasteiger partial charge is 0.419 e. The highest BCUT2D eigenvalue weighted by Crippen LogP contribution is 2.40. The number of aromatic nitrogens is 3. The minimum Gasteiger partial charge on any atom is -0.478 e. The second kappa shape index (κ2) is 10.7. The number of benzene rings is 1. The number of hydrogen-bond donors (Lipinski definition) is 2. The van der Waals surface area contributed by atoms with Crippen LogP contribution in [0.25, 0.3) is 22.2 Å². The quantitative estimate of drug-likeness (QED) is 0.429. The Bertz CT molecular complexity index is 1380. The van der Waals surface area contributed by atoms with Crippen molar-refractivity contribution in [1.82, 2.24) is 19.4 Å². The number of nitrogens with one attached hydrogen (secondary N) is 1. The van der Waals surface area contributed by atoms with E-state index in [-0.39, 0.29) is 47.3 Å². The van der Waals surface area contributed by atoms with Crippen LogP contribution in [0.5, 0.6) is 0 Å². The summed E-state index contributed by atoms with van der Waals surface area (Å²) in [5, 5.41) is 13.0. The van der Waals surface area contributed by atoms with Gasteiger partial charge in [-0.25, -0.2) is 19.6 Å². The van der Waals surface area contributed by atoms with Crippen molar-refractivity contribution in [3.63, 3.8) is 0 Å². The Balaban J connectivity index is 1.73. The molecule has 1 atom stereocenters. The molecule has 0 unspecified atom stereocenters. The first kappa shape index (κ1) is 28.1. The number of halogens is 3. The maximum absolute atomic E-state index is 14.1. The molecule has 2 aromatic heterocycles. The minimum atomic E-state index is -4.77. The zero-order chi connectivity index (χ0) is 28.5. The number of piperidine rings is 1. The van der Waals surface area contributed by atoms with Gasteiger partial charge < -0.3 is 29.4 Å². The summed E-state index contributed by atoms with van der Waals surface area (Å²) in [6.07, 6.45) is -1.83. The minimum absolute atomic E-state index is 0.0453. The van der Waals surface area contributed by atoms with Crippen molar-refractivity contribution >= 4 is 28.9 Å². The number of rotatable bonds is 6. The molecule has 13 heteroatoms. The maximum Gasteiger partial charge on any atom is 0.419 e. The summed E-state index contributed by atoms with van der Waals surface area (Å²) in [6, 6.07) is 4.06. The molecule has 1 saturated heterocycles. The molecule has 210 valence electrons. The van der Waals surface area contributed by atoms with Gasteiger partial charge in [0.25, 0.3) is 0 Å². The number of anilines is 1. The lowest BCUT2D eigenvalue weighted by Gasteiger charge is -2.34. The van der Waals surface area contributed by atoms with Gasteiger partial charge in [0.05, 0.1) is 16.8 Å². The predicted octanol–water partition coefficient (Wildman–Crippen LogP) is 5.23. The summed E-state index contributed by atoms with van der Waals surface area (Å²) < 4.78 is 54.3. The molecular formula is C26H30F3N5O5. The first-order valence-electron chi connectivity index (χ1n) is 12.3. The molecule has 0 aliphatic carbocycles. The Morgan fingerprint density at radius 2 is 1.97 bits per heavy atom. The first-order chi connectivity index (χ1) is 18.3. The van der Waals surface area contributed by atoms with Gasteiger partial charge in [-0.3, -0.25) is 0 Å². The number of carboxylic acid groups (broad SMARTS) is 1. The first-order valence-corrected chi connectivity index (χ1v) is 12.3. The van der Waals surface area contributed by atoms with E-state index in [1.54, 1.807) is 31.7 Å². The fourth-order valence-corrected chi connectivity index (χ4v) is 4.60. The normalized spacial score (nSPS) is 16.4.